The Morgan fingerprint density at radius 3 is 1.50 bits per heavy atom. The van der Waals surface area contributed by atoms with Crippen molar-refractivity contribution in [3.05, 3.63) is 206 Å². The van der Waals surface area contributed by atoms with Crippen LogP contribution in [0.15, 0.2) is 206 Å². The van der Waals surface area contributed by atoms with Crippen LogP contribution < -0.4 is 0 Å². The number of rotatable bonds is 5. The van der Waals surface area contributed by atoms with Gasteiger partial charge in [-0.3, -0.25) is 0 Å². The largest absolute Gasteiger partial charge is 0.309 e. The molecule has 11 aromatic rings. The molecule has 0 saturated carbocycles. The van der Waals surface area contributed by atoms with Crippen LogP contribution in [0.1, 0.15) is 0 Å². The lowest BCUT2D eigenvalue weighted by Gasteiger charge is -2.11. The summed E-state index contributed by atoms with van der Waals surface area (Å²) in [6, 6.07) is 75.2. The Balaban J connectivity index is 1.09. The minimum atomic E-state index is 1.16. The molecule has 0 spiro atoms. The third-order valence-corrected chi connectivity index (χ3v) is 11.1. The molecule has 0 fully saturated rings. The summed E-state index contributed by atoms with van der Waals surface area (Å²) in [5, 5.41) is 7.56. The average Bonchev–Trinajstić information content (AvgIpc) is 3.77. The summed E-state index contributed by atoms with van der Waals surface area (Å²) < 4.78 is 4.84. The van der Waals surface area contributed by atoms with Gasteiger partial charge in [0.15, 0.2) is 0 Å². The van der Waals surface area contributed by atoms with E-state index in [0.29, 0.717) is 0 Å². The second-order valence-electron chi connectivity index (χ2n) is 14.2. The Morgan fingerprint density at radius 1 is 0.241 bits per heavy atom. The zero-order valence-electron chi connectivity index (χ0n) is 29.5. The van der Waals surface area contributed by atoms with E-state index in [1.807, 2.05) is 0 Å². The van der Waals surface area contributed by atoms with E-state index in [1.54, 1.807) is 0 Å². The smallest absolute Gasteiger partial charge is 0.0547 e. The van der Waals surface area contributed by atoms with Crippen LogP contribution in [0, 0.1) is 0 Å². The maximum absolute atomic E-state index is 2.44. The first kappa shape index (κ1) is 30.5. The highest BCUT2D eigenvalue weighted by molar-refractivity contribution is 6.22. The van der Waals surface area contributed by atoms with Crippen molar-refractivity contribution >= 4 is 54.4 Å². The monoisotopic (exact) mass is 686 g/mol. The predicted octanol–water partition coefficient (Wildman–Crippen LogP) is 14.0. The van der Waals surface area contributed by atoms with Crippen molar-refractivity contribution in [2.24, 2.45) is 0 Å². The summed E-state index contributed by atoms with van der Waals surface area (Å²) in [7, 11) is 0. The van der Waals surface area contributed by atoms with E-state index in [4.69, 9.17) is 0 Å². The Bertz CT molecular complexity index is 3180. The fourth-order valence-corrected chi connectivity index (χ4v) is 8.57. The van der Waals surface area contributed by atoms with Crippen LogP contribution in [0.3, 0.4) is 0 Å². The van der Waals surface area contributed by atoms with Crippen molar-refractivity contribution < 1.29 is 0 Å². The van der Waals surface area contributed by atoms with Crippen LogP contribution in [0.25, 0.3) is 99.1 Å². The van der Waals surface area contributed by atoms with E-state index in [1.165, 1.54) is 87.8 Å². The number of aromatic nitrogens is 2. The molecule has 11 rings (SSSR count). The highest BCUT2D eigenvalue weighted by Gasteiger charge is 2.18. The normalized spacial score (nSPS) is 11.7. The quantitative estimate of drug-likeness (QED) is 0.171. The van der Waals surface area contributed by atoms with Gasteiger partial charge in [0.05, 0.1) is 22.1 Å². The molecule has 2 heteroatoms. The SMILES string of the molecule is c1ccc(-c2ccc(-n3c4ccccc4c4cc(-c5ccc6c(c5)c5c7ccccc7ccc5n6-c5cccc(-c6ccccc6)c5)ccc43)cc2)cc1. The van der Waals surface area contributed by atoms with Crippen LogP contribution in [0.2, 0.25) is 0 Å². The van der Waals surface area contributed by atoms with Gasteiger partial charge >= 0.3 is 0 Å². The zero-order valence-corrected chi connectivity index (χ0v) is 29.5. The maximum Gasteiger partial charge on any atom is 0.0547 e. The molecule has 2 heterocycles. The number of nitrogens with zero attached hydrogens (tertiary/aromatic N) is 2. The molecule has 2 aromatic heterocycles. The highest BCUT2D eigenvalue weighted by atomic mass is 15.0. The van der Waals surface area contributed by atoms with E-state index < -0.39 is 0 Å². The lowest BCUT2D eigenvalue weighted by Crippen LogP contribution is -1.94. The van der Waals surface area contributed by atoms with Gasteiger partial charge in [0, 0.05) is 32.9 Å². The molecule has 0 bridgehead atoms. The van der Waals surface area contributed by atoms with Crippen molar-refractivity contribution in [3.63, 3.8) is 0 Å². The van der Waals surface area contributed by atoms with Crippen molar-refractivity contribution in [1.82, 2.24) is 9.13 Å². The van der Waals surface area contributed by atoms with Crippen molar-refractivity contribution in [1.29, 1.82) is 0 Å². The summed E-state index contributed by atoms with van der Waals surface area (Å²) in [6.07, 6.45) is 0. The van der Waals surface area contributed by atoms with Gasteiger partial charge in [-0.15, -0.1) is 0 Å². The van der Waals surface area contributed by atoms with E-state index >= 15 is 0 Å². The van der Waals surface area contributed by atoms with Gasteiger partial charge in [0.1, 0.15) is 0 Å². The molecule has 0 unspecified atom stereocenters. The topological polar surface area (TPSA) is 9.86 Å². The summed E-state index contributed by atoms with van der Waals surface area (Å²) in [6.45, 7) is 0. The summed E-state index contributed by atoms with van der Waals surface area (Å²) >= 11 is 0. The van der Waals surface area contributed by atoms with E-state index in [0.717, 1.165) is 11.4 Å². The van der Waals surface area contributed by atoms with Gasteiger partial charge in [0.25, 0.3) is 0 Å². The number of benzene rings is 9. The molecular weight excluding hydrogens is 653 g/mol. The van der Waals surface area contributed by atoms with Crippen LogP contribution >= 0.6 is 0 Å². The first-order valence-corrected chi connectivity index (χ1v) is 18.6. The molecule has 0 radical (unpaired) electrons. The van der Waals surface area contributed by atoms with Crippen LogP contribution in [-0.4, -0.2) is 9.13 Å². The third-order valence-electron chi connectivity index (χ3n) is 11.1. The van der Waals surface area contributed by atoms with Gasteiger partial charge in [-0.1, -0.05) is 146 Å². The molecule has 0 aliphatic rings. The Kier molecular flexibility index (Phi) is 6.90. The number of hydrogen-bond donors (Lipinski definition) is 0. The molecule has 0 N–H and O–H groups in total. The fraction of sp³-hybridized carbons (Fsp3) is 0. The molecule has 0 aliphatic carbocycles. The molecule has 0 amide bonds. The second-order valence-corrected chi connectivity index (χ2v) is 14.2. The van der Waals surface area contributed by atoms with E-state index in [9.17, 15) is 0 Å². The summed E-state index contributed by atoms with van der Waals surface area (Å²) in [5.74, 6) is 0. The molecule has 0 saturated heterocycles. The molecule has 252 valence electrons. The third kappa shape index (κ3) is 4.81. The van der Waals surface area contributed by atoms with Gasteiger partial charge in [-0.2, -0.15) is 0 Å². The minimum Gasteiger partial charge on any atom is -0.309 e. The Morgan fingerprint density at radius 2 is 0.741 bits per heavy atom. The standard InChI is InChI=1S/C52H34N2/c1-3-12-35(13-4-1)37-22-27-42(28-23-37)53-48-21-10-9-20-45(48)46-33-40(25-29-49(46)53)41-26-30-50-47(34-41)52-44-19-8-7-16-38(44)24-31-51(52)54(50)43-18-11-17-39(32-43)36-14-5-2-6-15-36/h1-34H. The zero-order chi connectivity index (χ0) is 35.6. The Hall–Kier alpha value is -7.16. The van der Waals surface area contributed by atoms with E-state index in [-0.39, 0.29) is 0 Å². The van der Waals surface area contributed by atoms with Gasteiger partial charge in [0.2, 0.25) is 0 Å². The number of fused-ring (bicyclic) bond motifs is 8. The lowest BCUT2D eigenvalue weighted by atomic mass is 9.99. The lowest BCUT2D eigenvalue weighted by molar-refractivity contribution is 1.18. The summed E-state index contributed by atoms with van der Waals surface area (Å²) in [5.41, 5.74) is 14.4. The number of para-hydroxylation sites is 1. The van der Waals surface area contributed by atoms with Gasteiger partial charge in [-0.25, -0.2) is 0 Å². The van der Waals surface area contributed by atoms with Crippen LogP contribution in [-0.2, 0) is 0 Å². The maximum atomic E-state index is 2.44. The molecule has 0 aliphatic heterocycles. The van der Waals surface area contributed by atoms with Crippen molar-refractivity contribution in [3.8, 4) is 44.8 Å². The van der Waals surface area contributed by atoms with E-state index in [2.05, 4.69) is 215 Å². The fourth-order valence-electron chi connectivity index (χ4n) is 8.57. The first-order chi connectivity index (χ1) is 26.8. The van der Waals surface area contributed by atoms with Crippen LogP contribution in [0.4, 0.5) is 0 Å². The van der Waals surface area contributed by atoms with Crippen LogP contribution in [0.5, 0.6) is 0 Å². The number of hydrogen-bond acceptors (Lipinski definition) is 0. The second kappa shape index (κ2) is 12.2. The molecular formula is C52H34N2. The Labute approximate surface area is 313 Å². The molecule has 0 atom stereocenters. The minimum absolute atomic E-state index is 1.16. The first-order valence-electron chi connectivity index (χ1n) is 18.6. The summed E-state index contributed by atoms with van der Waals surface area (Å²) in [4.78, 5) is 0. The van der Waals surface area contributed by atoms with Crippen molar-refractivity contribution in [2.45, 2.75) is 0 Å². The predicted molar refractivity (Wildman–Crippen MR) is 229 cm³/mol. The van der Waals surface area contributed by atoms with Crippen molar-refractivity contribution in [2.75, 3.05) is 0 Å². The van der Waals surface area contributed by atoms with Gasteiger partial charge < -0.3 is 9.13 Å². The molecule has 54 heavy (non-hydrogen) atoms. The molecule has 2 nitrogen and oxygen atoms in total. The van der Waals surface area contributed by atoms with Gasteiger partial charge in [-0.05, 0) is 105 Å². The highest BCUT2D eigenvalue weighted by Crippen LogP contribution is 2.41. The average molecular weight is 687 g/mol. The molecule has 9 aromatic carbocycles.